The van der Waals surface area contributed by atoms with E-state index in [4.69, 9.17) is 9.47 Å². The van der Waals surface area contributed by atoms with Crippen LogP contribution < -0.4 is 20.1 Å². The second-order valence-electron chi connectivity index (χ2n) is 5.51. The lowest BCUT2D eigenvalue weighted by molar-refractivity contribution is 0.102. The van der Waals surface area contributed by atoms with E-state index in [1.165, 1.54) is 7.11 Å². The van der Waals surface area contributed by atoms with Gasteiger partial charge in [-0.2, -0.15) is 0 Å². The number of ether oxygens (including phenoxy) is 2. The Morgan fingerprint density at radius 1 is 0.926 bits per heavy atom. The summed E-state index contributed by atoms with van der Waals surface area (Å²) in [5.74, 6) is 1.79. The minimum absolute atomic E-state index is 0.316. The van der Waals surface area contributed by atoms with E-state index in [0.717, 1.165) is 11.4 Å². The Morgan fingerprint density at radius 3 is 2.30 bits per heavy atom. The minimum Gasteiger partial charge on any atom is -0.496 e. The van der Waals surface area contributed by atoms with Gasteiger partial charge in [-0.3, -0.25) is 4.79 Å². The highest BCUT2D eigenvalue weighted by Gasteiger charge is 2.12. The normalized spacial score (nSPS) is 10.1. The minimum atomic E-state index is -0.316. The molecule has 0 aliphatic rings. The second-order valence-corrected chi connectivity index (χ2v) is 5.51. The van der Waals surface area contributed by atoms with Crippen LogP contribution in [0, 0.1) is 0 Å². The molecule has 0 aliphatic carbocycles. The van der Waals surface area contributed by atoms with Crippen LogP contribution in [0.5, 0.6) is 11.5 Å². The molecule has 1 aromatic heterocycles. The summed E-state index contributed by atoms with van der Waals surface area (Å²) in [4.78, 5) is 12.4. The van der Waals surface area contributed by atoms with Crippen molar-refractivity contribution in [2.75, 3.05) is 24.4 Å². The smallest absolute Gasteiger partial charge is 0.260 e. The molecule has 3 rings (SSSR count). The lowest BCUT2D eigenvalue weighted by Crippen LogP contribution is -2.14. The Labute approximate surface area is 157 Å². The molecule has 0 atom stereocenters. The fourth-order valence-corrected chi connectivity index (χ4v) is 2.47. The molecule has 1 amide bonds. The average Bonchev–Trinajstić information content (AvgIpc) is 2.71. The zero-order valence-electron chi connectivity index (χ0n) is 15.1. The van der Waals surface area contributed by atoms with Gasteiger partial charge in [-0.05, 0) is 43.3 Å². The van der Waals surface area contributed by atoms with E-state index >= 15 is 0 Å². The van der Waals surface area contributed by atoms with Crippen molar-refractivity contribution in [2.24, 2.45) is 0 Å². The van der Waals surface area contributed by atoms with Crippen LogP contribution >= 0.6 is 0 Å². The summed E-state index contributed by atoms with van der Waals surface area (Å²) < 4.78 is 10.8. The summed E-state index contributed by atoms with van der Waals surface area (Å²) in [6, 6.07) is 18.0. The van der Waals surface area contributed by atoms with Crippen molar-refractivity contribution in [3.8, 4) is 11.5 Å². The van der Waals surface area contributed by atoms with Crippen LogP contribution in [0.4, 0.5) is 17.3 Å². The third-order valence-electron chi connectivity index (χ3n) is 3.71. The molecule has 0 saturated heterocycles. The zero-order chi connectivity index (χ0) is 19.1. The number of nitrogens with zero attached hydrogens (tertiary/aromatic N) is 2. The Morgan fingerprint density at radius 2 is 1.59 bits per heavy atom. The topological polar surface area (TPSA) is 85.4 Å². The van der Waals surface area contributed by atoms with Gasteiger partial charge in [0, 0.05) is 0 Å². The molecular weight excluding hydrogens is 344 g/mol. The lowest BCUT2D eigenvalue weighted by atomic mass is 10.2. The lowest BCUT2D eigenvalue weighted by Gasteiger charge is -2.11. The third kappa shape index (κ3) is 4.52. The van der Waals surface area contributed by atoms with E-state index in [2.05, 4.69) is 20.8 Å². The van der Waals surface area contributed by atoms with Gasteiger partial charge in [-0.1, -0.05) is 24.3 Å². The van der Waals surface area contributed by atoms with Crippen LogP contribution in [-0.4, -0.2) is 29.8 Å². The maximum absolute atomic E-state index is 12.4. The second kappa shape index (κ2) is 8.66. The van der Waals surface area contributed by atoms with Gasteiger partial charge in [0.1, 0.15) is 11.5 Å². The quantitative estimate of drug-likeness (QED) is 0.662. The molecule has 7 heteroatoms. The summed E-state index contributed by atoms with van der Waals surface area (Å²) in [5.41, 5.74) is 1.22. The van der Waals surface area contributed by atoms with Crippen molar-refractivity contribution in [3.63, 3.8) is 0 Å². The molecule has 0 spiro atoms. The van der Waals surface area contributed by atoms with E-state index < -0.39 is 0 Å². The maximum Gasteiger partial charge on any atom is 0.260 e. The molecule has 0 fully saturated rings. The average molecular weight is 364 g/mol. The number of para-hydroxylation sites is 3. The molecular formula is C20H20N4O3. The highest BCUT2D eigenvalue weighted by atomic mass is 16.5. The number of carbonyl (C=O) groups excluding carboxylic acids is 1. The Balaban J connectivity index is 1.70. The predicted octanol–water partition coefficient (Wildman–Crippen LogP) is 3.88. The molecule has 0 aliphatic heterocycles. The summed E-state index contributed by atoms with van der Waals surface area (Å²) in [7, 11) is 1.52. The number of aromatic nitrogens is 2. The number of hydrogen-bond acceptors (Lipinski definition) is 6. The SMILES string of the molecule is CCOc1ccccc1Nc1ccc(NC(=O)c2ccccc2OC)nn1. The van der Waals surface area contributed by atoms with Gasteiger partial charge in [-0.25, -0.2) is 0 Å². The van der Waals surface area contributed by atoms with Gasteiger partial charge < -0.3 is 20.1 Å². The number of anilines is 3. The van der Waals surface area contributed by atoms with E-state index in [0.29, 0.717) is 29.6 Å². The van der Waals surface area contributed by atoms with Crippen molar-refractivity contribution in [2.45, 2.75) is 6.92 Å². The number of methoxy groups -OCH3 is 1. The van der Waals surface area contributed by atoms with E-state index in [-0.39, 0.29) is 5.91 Å². The summed E-state index contributed by atoms with van der Waals surface area (Å²) in [6.45, 7) is 2.49. The standard InChI is InChI=1S/C20H20N4O3/c1-3-27-17-11-7-5-9-15(17)21-18-12-13-19(24-23-18)22-20(25)14-8-4-6-10-16(14)26-2/h4-13H,3H2,1-2H3,(H,21,23)(H,22,24,25). The van der Waals surface area contributed by atoms with Crippen molar-refractivity contribution in [3.05, 3.63) is 66.2 Å². The van der Waals surface area contributed by atoms with E-state index in [1.807, 2.05) is 31.2 Å². The van der Waals surface area contributed by atoms with Crippen LogP contribution in [0.3, 0.4) is 0 Å². The fourth-order valence-electron chi connectivity index (χ4n) is 2.47. The van der Waals surface area contributed by atoms with Crippen LogP contribution in [0.25, 0.3) is 0 Å². The fraction of sp³-hybridized carbons (Fsp3) is 0.150. The molecule has 7 nitrogen and oxygen atoms in total. The number of amides is 1. The van der Waals surface area contributed by atoms with Crippen LogP contribution in [0.15, 0.2) is 60.7 Å². The number of nitrogens with one attached hydrogen (secondary N) is 2. The number of carbonyl (C=O) groups is 1. The van der Waals surface area contributed by atoms with Crippen molar-refractivity contribution in [1.29, 1.82) is 0 Å². The monoisotopic (exact) mass is 364 g/mol. The predicted molar refractivity (Wildman–Crippen MR) is 104 cm³/mol. The first-order valence-corrected chi connectivity index (χ1v) is 8.48. The first-order valence-electron chi connectivity index (χ1n) is 8.48. The van der Waals surface area contributed by atoms with Gasteiger partial charge in [0.25, 0.3) is 5.91 Å². The zero-order valence-corrected chi connectivity index (χ0v) is 15.1. The van der Waals surface area contributed by atoms with Gasteiger partial charge in [0.15, 0.2) is 11.6 Å². The molecule has 0 bridgehead atoms. The first-order chi connectivity index (χ1) is 13.2. The van der Waals surface area contributed by atoms with Gasteiger partial charge >= 0.3 is 0 Å². The van der Waals surface area contributed by atoms with Crippen LogP contribution in [0.1, 0.15) is 17.3 Å². The Hall–Kier alpha value is -3.61. The Bertz CT molecular complexity index is 913. The maximum atomic E-state index is 12.4. The summed E-state index contributed by atoms with van der Waals surface area (Å²) in [5, 5.41) is 14.0. The van der Waals surface area contributed by atoms with Crippen LogP contribution in [-0.2, 0) is 0 Å². The molecule has 3 aromatic rings. The summed E-state index contributed by atoms with van der Waals surface area (Å²) >= 11 is 0. The highest BCUT2D eigenvalue weighted by molar-refractivity contribution is 6.05. The van der Waals surface area contributed by atoms with Gasteiger partial charge in [0.05, 0.1) is 25.0 Å². The molecule has 0 unspecified atom stereocenters. The molecule has 1 heterocycles. The third-order valence-corrected chi connectivity index (χ3v) is 3.71. The van der Waals surface area contributed by atoms with Crippen molar-refractivity contribution < 1.29 is 14.3 Å². The van der Waals surface area contributed by atoms with Gasteiger partial charge in [-0.15, -0.1) is 10.2 Å². The molecule has 0 saturated carbocycles. The van der Waals surface area contributed by atoms with Crippen molar-refractivity contribution >= 4 is 23.2 Å². The molecule has 2 aromatic carbocycles. The van der Waals surface area contributed by atoms with Crippen molar-refractivity contribution in [1.82, 2.24) is 10.2 Å². The van der Waals surface area contributed by atoms with Gasteiger partial charge in [0.2, 0.25) is 0 Å². The number of hydrogen-bond donors (Lipinski definition) is 2. The molecule has 2 N–H and O–H groups in total. The summed E-state index contributed by atoms with van der Waals surface area (Å²) in [6.07, 6.45) is 0. The largest absolute Gasteiger partial charge is 0.496 e. The molecule has 27 heavy (non-hydrogen) atoms. The first kappa shape index (κ1) is 18.2. The van der Waals surface area contributed by atoms with E-state index in [1.54, 1.807) is 36.4 Å². The highest BCUT2D eigenvalue weighted by Crippen LogP contribution is 2.26. The molecule has 138 valence electrons. The number of benzene rings is 2. The number of rotatable bonds is 7. The van der Waals surface area contributed by atoms with Crippen LogP contribution in [0.2, 0.25) is 0 Å². The Kier molecular flexibility index (Phi) is 5.84. The molecule has 0 radical (unpaired) electrons. The van der Waals surface area contributed by atoms with E-state index in [9.17, 15) is 4.79 Å².